The summed E-state index contributed by atoms with van der Waals surface area (Å²) in [7, 11) is 0. The Kier molecular flexibility index (Phi) is 4.26. The van der Waals surface area contributed by atoms with Crippen molar-refractivity contribution in [1.82, 2.24) is 10.6 Å². The Labute approximate surface area is 122 Å². The van der Waals surface area contributed by atoms with Crippen LogP contribution in [0.15, 0.2) is 24.3 Å². The zero-order chi connectivity index (χ0) is 15.5. The number of carbonyl (C=O) groups excluding carboxylic acids is 2. The molecule has 0 spiro atoms. The highest BCUT2D eigenvalue weighted by atomic mass is 16.4. The van der Waals surface area contributed by atoms with Gasteiger partial charge >= 0.3 is 5.97 Å². The first kappa shape index (κ1) is 15.0. The van der Waals surface area contributed by atoms with E-state index < -0.39 is 17.4 Å². The molecule has 6 heteroatoms. The van der Waals surface area contributed by atoms with Crippen LogP contribution in [0.4, 0.5) is 0 Å². The second-order valence-electron chi connectivity index (χ2n) is 5.34. The van der Waals surface area contributed by atoms with Gasteiger partial charge < -0.3 is 15.7 Å². The molecule has 2 rings (SSSR count). The minimum Gasteiger partial charge on any atom is -0.480 e. The van der Waals surface area contributed by atoms with Crippen molar-refractivity contribution in [3.05, 3.63) is 35.4 Å². The summed E-state index contributed by atoms with van der Waals surface area (Å²) in [6.45, 7) is 1.64. The van der Waals surface area contributed by atoms with E-state index in [2.05, 4.69) is 10.6 Å². The van der Waals surface area contributed by atoms with Gasteiger partial charge in [0.2, 0.25) is 5.91 Å². The molecular formula is C15H18N2O4. The fourth-order valence-electron chi connectivity index (χ4n) is 2.28. The Morgan fingerprint density at radius 3 is 2.52 bits per heavy atom. The lowest BCUT2D eigenvalue weighted by molar-refractivity contribution is -0.151. The zero-order valence-electron chi connectivity index (χ0n) is 11.8. The number of carbonyl (C=O) groups is 3. The molecule has 0 radical (unpaired) electrons. The lowest BCUT2D eigenvalue weighted by Crippen LogP contribution is -2.60. The van der Waals surface area contributed by atoms with Crippen LogP contribution in [-0.2, 0) is 9.59 Å². The quantitative estimate of drug-likeness (QED) is 0.749. The summed E-state index contributed by atoms with van der Waals surface area (Å²) < 4.78 is 0. The van der Waals surface area contributed by atoms with E-state index in [1.54, 1.807) is 18.2 Å². The summed E-state index contributed by atoms with van der Waals surface area (Å²) in [4.78, 5) is 34.8. The molecule has 0 atom stereocenters. The average Bonchev–Trinajstić information content (AvgIpc) is 2.39. The van der Waals surface area contributed by atoms with Crippen LogP contribution in [0.2, 0.25) is 0 Å². The van der Waals surface area contributed by atoms with Crippen LogP contribution < -0.4 is 10.6 Å². The van der Waals surface area contributed by atoms with E-state index in [-0.39, 0.29) is 12.5 Å². The smallest absolute Gasteiger partial charge is 0.329 e. The van der Waals surface area contributed by atoms with Crippen molar-refractivity contribution >= 4 is 17.8 Å². The van der Waals surface area contributed by atoms with Gasteiger partial charge in [-0.1, -0.05) is 17.7 Å². The molecule has 3 N–H and O–H groups in total. The molecule has 1 fully saturated rings. The molecule has 0 heterocycles. The monoisotopic (exact) mass is 290 g/mol. The van der Waals surface area contributed by atoms with Gasteiger partial charge in [0.15, 0.2) is 0 Å². The van der Waals surface area contributed by atoms with E-state index in [0.717, 1.165) is 12.0 Å². The van der Waals surface area contributed by atoms with Crippen molar-refractivity contribution in [3.8, 4) is 0 Å². The number of aliphatic carboxylic acids is 1. The number of aryl methyl sites for hydroxylation is 1. The van der Waals surface area contributed by atoms with Crippen molar-refractivity contribution in [3.63, 3.8) is 0 Å². The molecule has 112 valence electrons. The van der Waals surface area contributed by atoms with Gasteiger partial charge in [0.25, 0.3) is 5.91 Å². The van der Waals surface area contributed by atoms with Crippen LogP contribution in [0.3, 0.4) is 0 Å². The largest absolute Gasteiger partial charge is 0.480 e. The maximum Gasteiger partial charge on any atom is 0.329 e. The first-order valence-corrected chi connectivity index (χ1v) is 6.82. The van der Waals surface area contributed by atoms with Gasteiger partial charge in [-0.2, -0.15) is 0 Å². The molecule has 0 saturated heterocycles. The van der Waals surface area contributed by atoms with E-state index in [1.807, 2.05) is 13.0 Å². The lowest BCUT2D eigenvalue weighted by Gasteiger charge is -2.38. The molecule has 1 aromatic carbocycles. The third kappa shape index (κ3) is 3.39. The standard InChI is InChI=1S/C15H18N2O4/c1-10-4-2-5-11(8-10)13(19)16-9-12(18)17-15(14(20)21)6-3-7-15/h2,4-5,8H,3,6-7,9H2,1H3,(H,16,19)(H,17,18)(H,20,21). The molecule has 1 aliphatic carbocycles. The molecule has 1 saturated carbocycles. The van der Waals surface area contributed by atoms with Crippen LogP contribution >= 0.6 is 0 Å². The van der Waals surface area contributed by atoms with E-state index in [1.165, 1.54) is 0 Å². The Morgan fingerprint density at radius 2 is 2.00 bits per heavy atom. The number of benzene rings is 1. The molecule has 6 nitrogen and oxygen atoms in total. The predicted molar refractivity (Wildman–Crippen MR) is 75.9 cm³/mol. The second kappa shape index (κ2) is 5.95. The highest BCUT2D eigenvalue weighted by Gasteiger charge is 2.45. The fourth-order valence-corrected chi connectivity index (χ4v) is 2.28. The maximum absolute atomic E-state index is 11.9. The first-order chi connectivity index (χ1) is 9.93. The minimum atomic E-state index is -1.15. The highest BCUT2D eigenvalue weighted by molar-refractivity contribution is 5.97. The number of nitrogens with one attached hydrogen (secondary N) is 2. The molecule has 0 aromatic heterocycles. The third-order valence-corrected chi connectivity index (χ3v) is 3.68. The van der Waals surface area contributed by atoms with E-state index >= 15 is 0 Å². The van der Waals surface area contributed by atoms with Gasteiger partial charge in [0.05, 0.1) is 6.54 Å². The van der Waals surface area contributed by atoms with Gasteiger partial charge in [0, 0.05) is 5.56 Å². The van der Waals surface area contributed by atoms with Crippen LogP contribution in [0.5, 0.6) is 0 Å². The molecular weight excluding hydrogens is 272 g/mol. The summed E-state index contributed by atoms with van der Waals surface area (Å²) in [5.41, 5.74) is 0.274. The van der Waals surface area contributed by atoms with Gasteiger partial charge in [-0.25, -0.2) is 4.79 Å². The number of carboxylic acid groups (broad SMARTS) is 1. The minimum absolute atomic E-state index is 0.234. The van der Waals surface area contributed by atoms with Crippen molar-refractivity contribution in [2.24, 2.45) is 0 Å². The fraction of sp³-hybridized carbons (Fsp3) is 0.400. The van der Waals surface area contributed by atoms with E-state index in [4.69, 9.17) is 5.11 Å². The van der Waals surface area contributed by atoms with E-state index in [9.17, 15) is 14.4 Å². The van der Waals surface area contributed by atoms with E-state index in [0.29, 0.717) is 18.4 Å². The maximum atomic E-state index is 11.9. The summed E-state index contributed by atoms with van der Waals surface area (Å²) in [6.07, 6.45) is 1.64. The normalized spacial score (nSPS) is 15.7. The van der Waals surface area contributed by atoms with Crippen LogP contribution in [0.25, 0.3) is 0 Å². The van der Waals surface area contributed by atoms with Crippen molar-refractivity contribution in [2.45, 2.75) is 31.7 Å². The van der Waals surface area contributed by atoms with Crippen molar-refractivity contribution < 1.29 is 19.5 Å². The number of rotatable bonds is 5. The van der Waals surface area contributed by atoms with Gasteiger partial charge in [-0.3, -0.25) is 9.59 Å². The SMILES string of the molecule is Cc1cccc(C(=O)NCC(=O)NC2(C(=O)O)CCC2)c1. The number of carboxylic acids is 1. The van der Waals surface area contributed by atoms with Gasteiger partial charge in [-0.05, 0) is 38.3 Å². The van der Waals surface area contributed by atoms with Crippen molar-refractivity contribution in [1.29, 1.82) is 0 Å². The molecule has 1 aromatic rings. The predicted octanol–water partition coefficient (Wildman–Crippen LogP) is 0.848. The molecule has 0 unspecified atom stereocenters. The van der Waals surface area contributed by atoms with Crippen LogP contribution in [0.1, 0.15) is 35.2 Å². The topological polar surface area (TPSA) is 95.5 Å². The summed E-state index contributed by atoms with van der Waals surface area (Å²) in [6, 6.07) is 7.01. The van der Waals surface area contributed by atoms with Crippen molar-refractivity contribution in [2.75, 3.05) is 6.54 Å². The highest BCUT2D eigenvalue weighted by Crippen LogP contribution is 2.31. The molecule has 21 heavy (non-hydrogen) atoms. The molecule has 0 aliphatic heterocycles. The Bertz CT molecular complexity index is 579. The Hall–Kier alpha value is -2.37. The third-order valence-electron chi connectivity index (χ3n) is 3.68. The summed E-state index contributed by atoms with van der Waals surface area (Å²) in [5, 5.41) is 14.1. The average molecular weight is 290 g/mol. The summed E-state index contributed by atoms with van der Waals surface area (Å²) in [5.74, 6) is -1.86. The molecule has 0 bridgehead atoms. The van der Waals surface area contributed by atoms with Crippen LogP contribution in [-0.4, -0.2) is 35.0 Å². The number of hydrogen-bond donors (Lipinski definition) is 3. The number of hydrogen-bond acceptors (Lipinski definition) is 3. The molecule has 1 aliphatic rings. The Morgan fingerprint density at radius 1 is 1.29 bits per heavy atom. The molecule has 2 amide bonds. The Balaban J connectivity index is 1.87. The van der Waals surface area contributed by atoms with Crippen LogP contribution in [0, 0.1) is 6.92 Å². The lowest BCUT2D eigenvalue weighted by atomic mass is 9.77. The first-order valence-electron chi connectivity index (χ1n) is 6.82. The summed E-state index contributed by atoms with van der Waals surface area (Å²) >= 11 is 0. The number of amides is 2. The zero-order valence-corrected chi connectivity index (χ0v) is 11.8. The second-order valence-corrected chi connectivity index (χ2v) is 5.34. The van der Waals surface area contributed by atoms with Gasteiger partial charge in [-0.15, -0.1) is 0 Å². The van der Waals surface area contributed by atoms with Gasteiger partial charge in [0.1, 0.15) is 5.54 Å².